The zero-order valence-electron chi connectivity index (χ0n) is 17.4. The van der Waals surface area contributed by atoms with Crippen molar-refractivity contribution in [2.24, 2.45) is 9.98 Å². The molecule has 1 saturated heterocycles. The second-order valence-electron chi connectivity index (χ2n) is 7.31. The molecule has 0 atom stereocenters. The quantitative estimate of drug-likeness (QED) is 0.639. The van der Waals surface area contributed by atoms with E-state index in [2.05, 4.69) is 48.2 Å². The minimum atomic E-state index is 0.776. The Hall–Kier alpha value is -3.39. The molecule has 8 nitrogen and oxygen atoms in total. The van der Waals surface area contributed by atoms with Gasteiger partial charge in [-0.15, -0.1) is 0 Å². The molecule has 154 valence electrons. The molecule has 3 aromatic heterocycles. The van der Waals surface area contributed by atoms with Crippen LogP contribution in [0.4, 0.5) is 5.82 Å². The minimum absolute atomic E-state index is 0.776. The van der Waals surface area contributed by atoms with Gasteiger partial charge in [0.25, 0.3) is 0 Å². The van der Waals surface area contributed by atoms with Crippen LogP contribution in [0, 0.1) is 0 Å². The monoisotopic (exact) mass is 402 g/mol. The lowest BCUT2D eigenvalue weighted by Crippen LogP contribution is -2.28. The summed E-state index contributed by atoms with van der Waals surface area (Å²) in [6.07, 6.45) is 4.52. The summed E-state index contributed by atoms with van der Waals surface area (Å²) in [4.78, 5) is 20.1. The summed E-state index contributed by atoms with van der Waals surface area (Å²) in [6.45, 7) is 11.3. The first kappa shape index (κ1) is 19.9. The molecule has 8 heteroatoms. The number of aromatic amines is 1. The average Bonchev–Trinajstić information content (AvgIpc) is 2.98. The first-order valence-corrected chi connectivity index (χ1v) is 10.1. The molecule has 4 rings (SSSR count). The predicted molar refractivity (Wildman–Crippen MR) is 122 cm³/mol. The fraction of sp³-hybridized carbons (Fsp3) is 0.318. The highest BCUT2D eigenvalue weighted by Crippen LogP contribution is 2.27. The molecule has 3 aromatic rings. The Morgan fingerprint density at radius 1 is 1.23 bits per heavy atom. The summed E-state index contributed by atoms with van der Waals surface area (Å²) in [5.74, 6) is 0.983. The molecule has 30 heavy (non-hydrogen) atoms. The van der Waals surface area contributed by atoms with Crippen molar-refractivity contribution >= 4 is 29.1 Å². The third-order valence-corrected chi connectivity index (χ3v) is 5.08. The number of hydrogen-bond acceptors (Lipinski definition) is 7. The lowest BCUT2D eigenvalue weighted by atomic mass is 10.1. The van der Waals surface area contributed by atoms with Crippen LogP contribution in [0.1, 0.15) is 26.0 Å². The van der Waals surface area contributed by atoms with E-state index in [1.807, 2.05) is 32.0 Å². The summed E-state index contributed by atoms with van der Waals surface area (Å²) in [5, 5.41) is 12.0. The Morgan fingerprint density at radius 3 is 3.00 bits per heavy atom. The number of aromatic nitrogens is 4. The van der Waals surface area contributed by atoms with Crippen LogP contribution in [0.15, 0.2) is 52.3 Å². The van der Waals surface area contributed by atoms with Crippen LogP contribution in [0.25, 0.3) is 22.3 Å². The highest BCUT2D eigenvalue weighted by Gasteiger charge is 2.15. The SMILES string of the molecule is C=N/C=C(/C)N=C(C)c1cc2c(-c3cccc(N4CCCNCC4)n3)n[nH]c2cn1. The second-order valence-corrected chi connectivity index (χ2v) is 7.31. The van der Waals surface area contributed by atoms with E-state index in [-0.39, 0.29) is 0 Å². The molecule has 0 spiro atoms. The van der Waals surface area contributed by atoms with Gasteiger partial charge in [-0.25, -0.2) is 4.98 Å². The Bertz CT molecular complexity index is 1100. The van der Waals surface area contributed by atoms with E-state index in [0.29, 0.717) is 0 Å². The Morgan fingerprint density at radius 2 is 2.13 bits per heavy atom. The van der Waals surface area contributed by atoms with Gasteiger partial charge in [-0.05, 0) is 51.7 Å². The average molecular weight is 403 g/mol. The lowest BCUT2D eigenvalue weighted by molar-refractivity contribution is 0.724. The van der Waals surface area contributed by atoms with E-state index in [9.17, 15) is 0 Å². The van der Waals surface area contributed by atoms with Crippen molar-refractivity contribution in [3.05, 3.63) is 48.1 Å². The number of H-pyrrole nitrogens is 1. The maximum absolute atomic E-state index is 4.91. The molecular weight excluding hydrogens is 376 g/mol. The standard InChI is InChI=1S/C22H26N8/c1-15(13-23-3)26-16(2)19-12-17-20(14-25-19)28-29-22(17)18-6-4-7-21(27-18)30-10-5-8-24-9-11-30/h4,6-7,12-14,24H,3,5,8-11H2,1-2H3,(H,28,29)/b15-13-,26-16?. The minimum Gasteiger partial charge on any atom is -0.355 e. The second kappa shape index (κ2) is 8.96. The Balaban J connectivity index is 1.70. The van der Waals surface area contributed by atoms with Crippen molar-refractivity contribution in [2.75, 3.05) is 31.1 Å². The molecule has 0 unspecified atom stereocenters. The first-order chi connectivity index (χ1) is 14.7. The van der Waals surface area contributed by atoms with Gasteiger partial charge in [-0.1, -0.05) is 6.07 Å². The van der Waals surface area contributed by atoms with E-state index < -0.39 is 0 Å². The number of allylic oxidation sites excluding steroid dienone is 1. The van der Waals surface area contributed by atoms with Gasteiger partial charge in [0.2, 0.25) is 0 Å². The summed E-state index contributed by atoms with van der Waals surface area (Å²) < 4.78 is 0. The van der Waals surface area contributed by atoms with Crippen molar-refractivity contribution in [1.82, 2.24) is 25.5 Å². The van der Waals surface area contributed by atoms with Gasteiger partial charge < -0.3 is 10.2 Å². The largest absolute Gasteiger partial charge is 0.355 e. The number of nitrogens with one attached hydrogen (secondary N) is 2. The van der Waals surface area contributed by atoms with E-state index in [1.54, 1.807) is 12.4 Å². The van der Waals surface area contributed by atoms with Gasteiger partial charge in [-0.2, -0.15) is 5.10 Å². The molecule has 1 aliphatic heterocycles. The van der Waals surface area contributed by atoms with Crippen LogP contribution >= 0.6 is 0 Å². The van der Waals surface area contributed by atoms with Gasteiger partial charge >= 0.3 is 0 Å². The number of pyridine rings is 2. The molecule has 1 aliphatic rings. The Labute approximate surface area is 175 Å². The molecular formula is C22H26N8. The van der Waals surface area contributed by atoms with E-state index in [0.717, 1.165) is 77.8 Å². The van der Waals surface area contributed by atoms with E-state index in [1.165, 1.54) is 0 Å². The summed E-state index contributed by atoms with van der Waals surface area (Å²) >= 11 is 0. The number of fused-ring (bicyclic) bond motifs is 1. The highest BCUT2D eigenvalue weighted by molar-refractivity contribution is 6.02. The van der Waals surface area contributed by atoms with Crippen molar-refractivity contribution in [1.29, 1.82) is 0 Å². The molecule has 2 N–H and O–H groups in total. The number of rotatable bonds is 5. The first-order valence-electron chi connectivity index (χ1n) is 10.1. The normalized spacial score (nSPS) is 16.0. The highest BCUT2D eigenvalue weighted by atomic mass is 15.2. The maximum atomic E-state index is 4.91. The van der Waals surface area contributed by atoms with Crippen LogP contribution in [-0.4, -0.2) is 58.8 Å². The van der Waals surface area contributed by atoms with Gasteiger partial charge in [0.1, 0.15) is 11.5 Å². The van der Waals surface area contributed by atoms with Crippen molar-refractivity contribution < 1.29 is 0 Å². The van der Waals surface area contributed by atoms with Crippen molar-refractivity contribution in [3.8, 4) is 11.4 Å². The smallest absolute Gasteiger partial charge is 0.129 e. The third-order valence-electron chi connectivity index (χ3n) is 5.08. The molecule has 0 aliphatic carbocycles. The molecule has 0 aromatic carbocycles. The molecule has 0 amide bonds. The van der Waals surface area contributed by atoms with Crippen LogP contribution in [0.2, 0.25) is 0 Å². The topological polar surface area (TPSA) is 94.5 Å². The molecule has 0 radical (unpaired) electrons. The molecule has 4 heterocycles. The molecule has 0 saturated carbocycles. The maximum Gasteiger partial charge on any atom is 0.129 e. The van der Waals surface area contributed by atoms with Gasteiger partial charge in [-0.3, -0.25) is 20.1 Å². The van der Waals surface area contributed by atoms with Crippen LogP contribution < -0.4 is 10.2 Å². The zero-order chi connectivity index (χ0) is 20.9. The fourth-order valence-electron chi connectivity index (χ4n) is 3.60. The summed E-state index contributed by atoms with van der Waals surface area (Å²) in [5.41, 5.74) is 4.90. The fourth-order valence-corrected chi connectivity index (χ4v) is 3.60. The summed E-state index contributed by atoms with van der Waals surface area (Å²) in [7, 11) is 0. The zero-order valence-corrected chi connectivity index (χ0v) is 17.4. The molecule has 1 fully saturated rings. The number of hydrogen-bond donors (Lipinski definition) is 2. The van der Waals surface area contributed by atoms with Crippen molar-refractivity contribution in [3.63, 3.8) is 0 Å². The number of nitrogens with zero attached hydrogens (tertiary/aromatic N) is 6. The van der Waals surface area contributed by atoms with Crippen LogP contribution in [-0.2, 0) is 0 Å². The van der Waals surface area contributed by atoms with Crippen molar-refractivity contribution in [2.45, 2.75) is 20.3 Å². The molecule has 0 bridgehead atoms. The third kappa shape index (κ3) is 4.28. The predicted octanol–water partition coefficient (Wildman–Crippen LogP) is 3.19. The van der Waals surface area contributed by atoms with Gasteiger partial charge in [0.05, 0.1) is 34.5 Å². The van der Waals surface area contributed by atoms with Gasteiger partial charge in [0, 0.05) is 31.2 Å². The summed E-state index contributed by atoms with van der Waals surface area (Å²) in [6, 6.07) is 8.11. The van der Waals surface area contributed by atoms with E-state index >= 15 is 0 Å². The van der Waals surface area contributed by atoms with Gasteiger partial charge in [0.15, 0.2) is 0 Å². The Kier molecular flexibility index (Phi) is 5.94. The number of aliphatic imine (C=N–C) groups is 2. The lowest BCUT2D eigenvalue weighted by Gasteiger charge is -2.21. The number of anilines is 1. The van der Waals surface area contributed by atoms with Crippen LogP contribution in [0.3, 0.4) is 0 Å². The van der Waals surface area contributed by atoms with Crippen LogP contribution in [0.5, 0.6) is 0 Å². The van der Waals surface area contributed by atoms with E-state index in [4.69, 9.17) is 4.98 Å².